The Morgan fingerprint density at radius 2 is 1.82 bits per heavy atom. The van der Waals surface area contributed by atoms with Gasteiger partial charge in [-0.1, -0.05) is 6.07 Å². The van der Waals surface area contributed by atoms with E-state index in [0.717, 1.165) is 66.1 Å². The van der Waals surface area contributed by atoms with Crippen molar-refractivity contribution in [3.05, 3.63) is 66.4 Å². The number of H-pyrrole nitrogens is 1. The summed E-state index contributed by atoms with van der Waals surface area (Å²) in [5.41, 5.74) is 6.04. The molecule has 0 atom stereocenters. The number of hydrogen-bond acceptors (Lipinski definition) is 6. The molecule has 5 heterocycles. The Bertz CT molecular complexity index is 1320. The highest BCUT2D eigenvalue weighted by Gasteiger charge is 2.18. The Hall–Kier alpha value is -3.78. The molecule has 0 spiro atoms. The van der Waals surface area contributed by atoms with E-state index in [1.165, 1.54) is 19.3 Å². The molecular weight excluding hydrogens is 426 g/mol. The molecule has 4 aromatic rings. The van der Waals surface area contributed by atoms with E-state index in [0.29, 0.717) is 11.4 Å². The van der Waals surface area contributed by atoms with Gasteiger partial charge in [-0.25, -0.2) is 0 Å². The smallest absolute Gasteiger partial charge is 0.276 e. The van der Waals surface area contributed by atoms with Gasteiger partial charge in [-0.2, -0.15) is 5.10 Å². The lowest BCUT2D eigenvalue weighted by molar-refractivity contribution is 0.102. The summed E-state index contributed by atoms with van der Waals surface area (Å²) in [6.07, 6.45) is 9.21. The molecule has 1 aromatic carbocycles. The summed E-state index contributed by atoms with van der Waals surface area (Å²) in [4.78, 5) is 26.7. The minimum Gasteiger partial charge on any atom is -0.370 e. The number of carbonyl (C=O) groups is 1. The fourth-order valence-corrected chi connectivity index (χ4v) is 4.65. The maximum atomic E-state index is 13.0. The summed E-state index contributed by atoms with van der Waals surface area (Å²) < 4.78 is 0. The first-order chi connectivity index (χ1) is 16.7. The molecule has 0 saturated carbocycles. The van der Waals surface area contributed by atoms with Crippen LogP contribution in [0.2, 0.25) is 0 Å². The third kappa shape index (κ3) is 4.12. The summed E-state index contributed by atoms with van der Waals surface area (Å²) >= 11 is 0. The van der Waals surface area contributed by atoms with Gasteiger partial charge in [0.2, 0.25) is 0 Å². The number of hydrogen-bond donors (Lipinski definition) is 2. The van der Waals surface area contributed by atoms with Gasteiger partial charge in [-0.3, -0.25) is 24.8 Å². The molecule has 0 bridgehead atoms. The van der Waals surface area contributed by atoms with Crippen molar-refractivity contribution in [3.63, 3.8) is 0 Å². The predicted octanol–water partition coefficient (Wildman–Crippen LogP) is 4.08. The van der Waals surface area contributed by atoms with Gasteiger partial charge in [-0.15, -0.1) is 0 Å². The molecule has 1 amide bonds. The molecule has 172 valence electrons. The number of likely N-dealkylation sites (tertiary alicyclic amines) is 1. The number of fused-ring (bicyclic) bond motifs is 1. The first kappa shape index (κ1) is 20.8. The Labute approximate surface area is 198 Å². The number of nitrogens with one attached hydrogen (secondary N) is 2. The quantitative estimate of drug-likeness (QED) is 0.457. The van der Waals surface area contributed by atoms with Crippen molar-refractivity contribution in [2.75, 3.05) is 36.4 Å². The molecule has 0 aliphatic carbocycles. The lowest BCUT2D eigenvalue weighted by atomic mass is 10.0. The number of anilines is 2. The Morgan fingerprint density at radius 1 is 0.941 bits per heavy atom. The molecule has 0 unspecified atom stereocenters. The van der Waals surface area contributed by atoms with E-state index in [-0.39, 0.29) is 5.91 Å². The Balaban J connectivity index is 1.22. The SMILES string of the molecule is O=C(Nc1ccc(CN2CCC2)nc1)c1n[nH]c2ccc(-c3cncc(N4CCCC4)c3)cc12. The number of nitrogens with zero attached hydrogens (tertiary/aromatic N) is 5. The van der Waals surface area contributed by atoms with Crippen LogP contribution in [-0.4, -0.2) is 57.2 Å². The fraction of sp³-hybridized carbons (Fsp3) is 0.308. The van der Waals surface area contributed by atoms with Crippen molar-refractivity contribution in [1.29, 1.82) is 0 Å². The standard InChI is InChI=1S/C26H27N7O/c34-26(29-20-5-6-21(28-15-20)17-32-8-3-9-32)25-23-13-18(4-7-24(23)30-31-25)19-12-22(16-27-14-19)33-10-1-2-11-33/h4-7,12-16H,1-3,8-11,17H2,(H,29,34)(H,30,31). The lowest BCUT2D eigenvalue weighted by Crippen LogP contribution is -2.36. The number of aromatic nitrogens is 4. The van der Waals surface area contributed by atoms with E-state index in [9.17, 15) is 4.79 Å². The third-order valence-electron chi connectivity index (χ3n) is 6.72. The van der Waals surface area contributed by atoms with Gasteiger partial charge in [0.1, 0.15) is 0 Å². The van der Waals surface area contributed by atoms with Crippen LogP contribution in [0, 0.1) is 0 Å². The van der Waals surface area contributed by atoms with Crippen LogP contribution in [-0.2, 0) is 6.54 Å². The largest absolute Gasteiger partial charge is 0.370 e. The van der Waals surface area contributed by atoms with Crippen molar-refractivity contribution in [2.45, 2.75) is 25.8 Å². The molecule has 2 aliphatic rings. The molecule has 2 fully saturated rings. The second-order valence-electron chi connectivity index (χ2n) is 9.08. The minimum atomic E-state index is -0.260. The minimum absolute atomic E-state index is 0.260. The van der Waals surface area contributed by atoms with Gasteiger partial charge >= 0.3 is 0 Å². The number of carbonyl (C=O) groups excluding carboxylic acids is 1. The van der Waals surface area contributed by atoms with Crippen molar-refractivity contribution in [1.82, 2.24) is 25.1 Å². The monoisotopic (exact) mass is 453 g/mol. The van der Waals surface area contributed by atoms with Crippen LogP contribution in [0.1, 0.15) is 35.4 Å². The maximum Gasteiger partial charge on any atom is 0.276 e. The average Bonchev–Trinajstić information content (AvgIpc) is 3.52. The van der Waals surface area contributed by atoms with E-state index in [2.05, 4.69) is 41.3 Å². The van der Waals surface area contributed by atoms with Crippen LogP contribution in [0.25, 0.3) is 22.0 Å². The molecule has 34 heavy (non-hydrogen) atoms. The topological polar surface area (TPSA) is 90.0 Å². The summed E-state index contributed by atoms with van der Waals surface area (Å²) in [6.45, 7) is 5.27. The van der Waals surface area contributed by atoms with Crippen LogP contribution >= 0.6 is 0 Å². The van der Waals surface area contributed by atoms with E-state index >= 15 is 0 Å². The second kappa shape index (κ2) is 8.87. The number of pyridine rings is 2. The lowest BCUT2D eigenvalue weighted by Gasteiger charge is -2.30. The second-order valence-corrected chi connectivity index (χ2v) is 9.08. The first-order valence-electron chi connectivity index (χ1n) is 11.9. The molecule has 8 heteroatoms. The first-order valence-corrected chi connectivity index (χ1v) is 11.9. The molecule has 8 nitrogen and oxygen atoms in total. The van der Waals surface area contributed by atoms with Gasteiger partial charge in [0.25, 0.3) is 5.91 Å². The highest BCUT2D eigenvalue weighted by molar-refractivity contribution is 6.11. The summed E-state index contributed by atoms with van der Waals surface area (Å²) in [5.74, 6) is -0.260. The van der Waals surface area contributed by atoms with Crippen molar-refractivity contribution >= 4 is 28.2 Å². The van der Waals surface area contributed by atoms with Gasteiger partial charge in [0, 0.05) is 36.8 Å². The Morgan fingerprint density at radius 3 is 2.59 bits per heavy atom. The number of aromatic amines is 1. The van der Waals surface area contributed by atoms with Crippen LogP contribution in [0.4, 0.5) is 11.4 Å². The zero-order valence-electron chi connectivity index (χ0n) is 19.0. The Kier molecular flexibility index (Phi) is 5.43. The molecule has 3 aromatic heterocycles. The average molecular weight is 454 g/mol. The van der Waals surface area contributed by atoms with Gasteiger partial charge < -0.3 is 10.2 Å². The predicted molar refractivity (Wildman–Crippen MR) is 133 cm³/mol. The normalized spacial score (nSPS) is 16.1. The molecule has 0 radical (unpaired) electrons. The van der Waals surface area contributed by atoms with Crippen LogP contribution in [0.15, 0.2) is 55.0 Å². The highest BCUT2D eigenvalue weighted by Crippen LogP contribution is 2.29. The van der Waals surface area contributed by atoms with Crippen LogP contribution in [0.3, 0.4) is 0 Å². The molecule has 6 rings (SSSR count). The van der Waals surface area contributed by atoms with E-state index in [1.54, 1.807) is 6.20 Å². The van der Waals surface area contributed by atoms with Crippen LogP contribution < -0.4 is 10.2 Å². The number of amides is 1. The third-order valence-corrected chi connectivity index (χ3v) is 6.72. The molecule has 2 aliphatic heterocycles. The van der Waals surface area contributed by atoms with Gasteiger partial charge in [-0.05, 0) is 68.2 Å². The summed E-state index contributed by atoms with van der Waals surface area (Å²) in [5, 5.41) is 11.0. The van der Waals surface area contributed by atoms with Crippen molar-refractivity contribution in [3.8, 4) is 11.1 Å². The maximum absolute atomic E-state index is 13.0. The number of rotatable bonds is 6. The van der Waals surface area contributed by atoms with Crippen molar-refractivity contribution < 1.29 is 4.79 Å². The fourth-order valence-electron chi connectivity index (χ4n) is 4.65. The van der Waals surface area contributed by atoms with Crippen LogP contribution in [0.5, 0.6) is 0 Å². The van der Waals surface area contributed by atoms with E-state index in [4.69, 9.17) is 0 Å². The zero-order chi connectivity index (χ0) is 22.9. The van der Waals surface area contributed by atoms with Gasteiger partial charge in [0.15, 0.2) is 5.69 Å². The number of benzene rings is 1. The molecule has 2 N–H and O–H groups in total. The van der Waals surface area contributed by atoms with Gasteiger partial charge in [0.05, 0.1) is 35.0 Å². The highest BCUT2D eigenvalue weighted by atomic mass is 16.1. The van der Waals surface area contributed by atoms with E-state index < -0.39 is 0 Å². The molecule has 2 saturated heterocycles. The summed E-state index contributed by atoms with van der Waals surface area (Å²) in [6, 6.07) is 12.0. The van der Waals surface area contributed by atoms with E-state index in [1.807, 2.05) is 42.7 Å². The molecular formula is C26H27N7O. The van der Waals surface area contributed by atoms with Crippen molar-refractivity contribution in [2.24, 2.45) is 0 Å². The zero-order valence-corrected chi connectivity index (χ0v) is 19.0. The summed E-state index contributed by atoms with van der Waals surface area (Å²) in [7, 11) is 0.